The molecule has 6 rings (SSSR count). The standard InChI is InChI=1S/C32H27NO2S/c1-24-18-20-29(21-19-24)36(34,35)33-31(2)30(26-14-8-4-9-15-26)22-27(25-12-6-3-7-13-25)23-32(31,33)28-16-10-5-11-17-28/h3-23H,1-2H3. The molecule has 2 aliphatic rings. The lowest BCUT2D eigenvalue weighted by Gasteiger charge is -2.26. The number of allylic oxidation sites excluding steroid dienone is 2. The molecule has 0 saturated carbocycles. The lowest BCUT2D eigenvalue weighted by Crippen LogP contribution is -2.24. The molecule has 0 amide bonds. The van der Waals surface area contributed by atoms with Gasteiger partial charge in [0.2, 0.25) is 10.0 Å². The number of hydrogen-bond acceptors (Lipinski definition) is 2. The smallest absolute Gasteiger partial charge is 0.207 e. The minimum atomic E-state index is -3.83. The average molecular weight is 490 g/mol. The Balaban J connectivity index is 1.65. The van der Waals surface area contributed by atoms with Gasteiger partial charge in [-0.25, -0.2) is 8.42 Å². The quantitative estimate of drug-likeness (QED) is 0.288. The number of benzene rings is 4. The van der Waals surface area contributed by atoms with Crippen molar-refractivity contribution in [1.29, 1.82) is 0 Å². The molecule has 36 heavy (non-hydrogen) atoms. The Labute approximate surface area is 213 Å². The summed E-state index contributed by atoms with van der Waals surface area (Å²) < 4.78 is 30.4. The zero-order chi connectivity index (χ0) is 25.0. The van der Waals surface area contributed by atoms with Crippen LogP contribution in [0.4, 0.5) is 0 Å². The van der Waals surface area contributed by atoms with Gasteiger partial charge in [0.1, 0.15) is 5.54 Å². The third-order valence-electron chi connectivity index (χ3n) is 7.57. The van der Waals surface area contributed by atoms with E-state index in [9.17, 15) is 8.42 Å². The van der Waals surface area contributed by atoms with Crippen molar-refractivity contribution >= 4 is 21.2 Å². The largest absolute Gasteiger partial charge is 0.245 e. The number of nitrogens with zero attached hydrogens (tertiary/aromatic N) is 1. The summed E-state index contributed by atoms with van der Waals surface area (Å²) in [6.45, 7) is 4.02. The average Bonchev–Trinajstić information content (AvgIpc) is 3.51. The second kappa shape index (κ2) is 8.16. The highest BCUT2D eigenvalue weighted by Crippen LogP contribution is 2.70. The van der Waals surface area contributed by atoms with Crippen molar-refractivity contribution in [3.63, 3.8) is 0 Å². The molecule has 1 saturated heterocycles. The predicted octanol–water partition coefficient (Wildman–Crippen LogP) is 6.83. The number of sulfonamides is 1. The number of fused-ring (bicyclic) bond motifs is 1. The molecular formula is C32H27NO2S. The van der Waals surface area contributed by atoms with Crippen LogP contribution in [-0.4, -0.2) is 18.3 Å². The van der Waals surface area contributed by atoms with Gasteiger partial charge in [0.15, 0.2) is 0 Å². The van der Waals surface area contributed by atoms with Gasteiger partial charge in [-0.1, -0.05) is 109 Å². The molecule has 4 aromatic carbocycles. The maximum Gasteiger partial charge on any atom is 0.245 e. The van der Waals surface area contributed by atoms with E-state index in [1.807, 2.05) is 85.8 Å². The zero-order valence-corrected chi connectivity index (χ0v) is 21.1. The van der Waals surface area contributed by atoms with Crippen molar-refractivity contribution in [2.75, 3.05) is 0 Å². The molecule has 178 valence electrons. The van der Waals surface area contributed by atoms with Gasteiger partial charge >= 0.3 is 0 Å². The van der Waals surface area contributed by atoms with Crippen LogP contribution in [0.5, 0.6) is 0 Å². The third kappa shape index (κ3) is 3.18. The van der Waals surface area contributed by atoms with Crippen LogP contribution in [0.3, 0.4) is 0 Å². The summed E-state index contributed by atoms with van der Waals surface area (Å²) in [4.78, 5) is 0.307. The van der Waals surface area contributed by atoms with E-state index < -0.39 is 21.1 Å². The summed E-state index contributed by atoms with van der Waals surface area (Å²) in [6.07, 6.45) is 4.31. The van der Waals surface area contributed by atoms with Gasteiger partial charge in [0, 0.05) is 0 Å². The van der Waals surface area contributed by atoms with Crippen molar-refractivity contribution in [3.8, 4) is 0 Å². The Morgan fingerprint density at radius 3 is 1.78 bits per heavy atom. The topological polar surface area (TPSA) is 37.1 Å². The van der Waals surface area contributed by atoms with Crippen LogP contribution in [0, 0.1) is 6.92 Å². The summed E-state index contributed by atoms with van der Waals surface area (Å²) in [5.41, 5.74) is 4.41. The van der Waals surface area contributed by atoms with E-state index in [1.165, 1.54) is 0 Å². The fraction of sp³-hybridized carbons (Fsp3) is 0.125. The van der Waals surface area contributed by atoms with E-state index in [0.717, 1.165) is 33.4 Å². The summed E-state index contributed by atoms with van der Waals surface area (Å²) in [6, 6.07) is 37.5. The SMILES string of the molecule is Cc1ccc(S(=O)(=O)N2C3(C)C(c4ccccc4)=CC(c4ccccc4)=CC23c2ccccc2)cc1. The second-order valence-corrected chi connectivity index (χ2v) is 11.5. The molecule has 0 bridgehead atoms. The third-order valence-corrected chi connectivity index (χ3v) is 9.57. The van der Waals surface area contributed by atoms with Gasteiger partial charge < -0.3 is 0 Å². The molecular weight excluding hydrogens is 462 g/mol. The highest BCUT2D eigenvalue weighted by Gasteiger charge is 2.79. The minimum absolute atomic E-state index is 0.307. The second-order valence-electron chi connectivity index (χ2n) is 9.68. The number of hydrogen-bond donors (Lipinski definition) is 0. The van der Waals surface area contributed by atoms with Gasteiger partial charge in [-0.3, -0.25) is 0 Å². The first-order valence-electron chi connectivity index (χ1n) is 12.1. The molecule has 1 aliphatic carbocycles. The van der Waals surface area contributed by atoms with E-state index in [2.05, 4.69) is 43.3 Å². The molecule has 4 heteroatoms. The van der Waals surface area contributed by atoms with Gasteiger partial charge in [0.25, 0.3) is 0 Å². The van der Waals surface area contributed by atoms with Crippen LogP contribution in [0.2, 0.25) is 0 Å². The van der Waals surface area contributed by atoms with Crippen molar-refractivity contribution in [2.24, 2.45) is 0 Å². The van der Waals surface area contributed by atoms with Crippen molar-refractivity contribution in [2.45, 2.75) is 29.8 Å². The van der Waals surface area contributed by atoms with Crippen LogP contribution < -0.4 is 0 Å². The Hall–Kier alpha value is -3.73. The normalized spacial score (nSPS) is 24.9. The summed E-state index contributed by atoms with van der Waals surface area (Å²) >= 11 is 0. The first-order valence-corrected chi connectivity index (χ1v) is 13.6. The molecule has 1 fully saturated rings. The Morgan fingerprint density at radius 1 is 0.667 bits per heavy atom. The number of rotatable bonds is 5. The van der Waals surface area contributed by atoms with Crippen molar-refractivity contribution in [1.82, 2.24) is 4.31 Å². The fourth-order valence-corrected chi connectivity index (χ4v) is 7.82. The zero-order valence-electron chi connectivity index (χ0n) is 20.3. The van der Waals surface area contributed by atoms with E-state index in [0.29, 0.717) is 4.90 Å². The molecule has 0 N–H and O–H groups in total. The Bertz CT molecular complexity index is 1590. The lowest BCUT2D eigenvalue weighted by molar-refractivity contribution is 0.530. The summed E-state index contributed by atoms with van der Waals surface area (Å²) in [7, 11) is -3.83. The van der Waals surface area contributed by atoms with Crippen LogP contribution >= 0.6 is 0 Å². The first kappa shape index (κ1) is 22.7. The van der Waals surface area contributed by atoms with Gasteiger partial charge in [0.05, 0.1) is 10.4 Å². The van der Waals surface area contributed by atoms with Gasteiger partial charge in [-0.05, 0) is 66.0 Å². The molecule has 3 unspecified atom stereocenters. The maximum atomic E-state index is 14.3. The molecule has 1 heterocycles. The van der Waals surface area contributed by atoms with E-state index in [1.54, 1.807) is 16.4 Å². The predicted molar refractivity (Wildman–Crippen MR) is 146 cm³/mol. The fourth-order valence-electron chi connectivity index (χ4n) is 5.74. The molecule has 1 aliphatic heterocycles. The van der Waals surface area contributed by atoms with Crippen LogP contribution in [0.25, 0.3) is 11.1 Å². The Morgan fingerprint density at radius 2 is 1.19 bits per heavy atom. The van der Waals surface area contributed by atoms with E-state index in [-0.39, 0.29) is 0 Å². The van der Waals surface area contributed by atoms with Crippen LogP contribution in [0.1, 0.15) is 29.2 Å². The highest BCUT2D eigenvalue weighted by atomic mass is 32.2. The summed E-state index contributed by atoms with van der Waals surface area (Å²) in [5, 5.41) is 0. The first-order chi connectivity index (χ1) is 17.4. The van der Waals surface area contributed by atoms with Gasteiger partial charge in [-0.2, -0.15) is 4.31 Å². The summed E-state index contributed by atoms with van der Waals surface area (Å²) in [5.74, 6) is 0. The highest BCUT2D eigenvalue weighted by molar-refractivity contribution is 7.89. The molecule has 0 spiro atoms. The van der Waals surface area contributed by atoms with E-state index >= 15 is 0 Å². The van der Waals surface area contributed by atoms with Crippen LogP contribution in [0.15, 0.2) is 132 Å². The van der Waals surface area contributed by atoms with E-state index in [4.69, 9.17) is 0 Å². The number of aryl methyl sites for hydroxylation is 1. The molecule has 4 aromatic rings. The monoisotopic (exact) mass is 489 g/mol. The van der Waals surface area contributed by atoms with Crippen molar-refractivity contribution < 1.29 is 8.42 Å². The molecule has 0 aromatic heterocycles. The minimum Gasteiger partial charge on any atom is -0.207 e. The Kier molecular flexibility index (Phi) is 5.15. The lowest BCUT2D eigenvalue weighted by atomic mass is 9.74. The van der Waals surface area contributed by atoms with Crippen molar-refractivity contribution in [3.05, 3.63) is 150 Å². The molecule has 3 atom stereocenters. The van der Waals surface area contributed by atoms with Gasteiger partial charge in [-0.15, -0.1) is 0 Å². The van der Waals surface area contributed by atoms with Crippen LogP contribution in [-0.2, 0) is 15.6 Å². The molecule has 0 radical (unpaired) electrons. The molecule has 3 nitrogen and oxygen atoms in total. The maximum absolute atomic E-state index is 14.3.